The Balaban J connectivity index is 2.06. The summed E-state index contributed by atoms with van der Waals surface area (Å²) in [6, 6.07) is 10.9. The highest BCUT2D eigenvalue weighted by atomic mass is 19.1. The van der Waals surface area contributed by atoms with E-state index in [9.17, 15) is 18.7 Å². The lowest BCUT2D eigenvalue weighted by Crippen LogP contribution is -2.40. The second-order valence-corrected chi connectivity index (χ2v) is 6.97. The monoisotopic (exact) mass is 376 g/mol. The molecule has 0 spiro atoms. The summed E-state index contributed by atoms with van der Waals surface area (Å²) in [7, 11) is 0. The minimum atomic E-state index is -1.19. The van der Waals surface area contributed by atoms with Gasteiger partial charge in [-0.05, 0) is 42.5 Å². The summed E-state index contributed by atoms with van der Waals surface area (Å²) in [5, 5.41) is 9.63. The van der Waals surface area contributed by atoms with Crippen LogP contribution < -0.4 is 4.74 Å². The Morgan fingerprint density at radius 3 is 2.48 bits per heavy atom. The van der Waals surface area contributed by atoms with Gasteiger partial charge in [0.15, 0.2) is 12.2 Å². The molecule has 4 nitrogen and oxygen atoms in total. The number of aliphatic hydroxyl groups excluding tert-OH is 1. The number of hydrogen-bond acceptors (Lipinski definition) is 4. The molecule has 0 aromatic heterocycles. The molecule has 3 rings (SSSR count). The van der Waals surface area contributed by atoms with E-state index in [2.05, 4.69) is 0 Å². The average Bonchev–Trinajstić information content (AvgIpc) is 2.63. The molecule has 2 aromatic rings. The van der Waals surface area contributed by atoms with E-state index >= 15 is 0 Å². The molecule has 0 radical (unpaired) electrons. The summed E-state index contributed by atoms with van der Waals surface area (Å²) in [6.07, 6.45) is -2.45. The molecule has 1 saturated heterocycles. The van der Waals surface area contributed by atoms with Gasteiger partial charge >= 0.3 is 5.97 Å². The average molecular weight is 376 g/mol. The van der Waals surface area contributed by atoms with Crippen LogP contribution in [0.15, 0.2) is 42.5 Å². The SMILES string of the molecule is CC(C)c1cc(F)cc(F)c1C(Oc1ccccc1)[C@@H]1CC[C@@H](O)C(=O)O1. The molecular formula is C21H22F2O4. The maximum Gasteiger partial charge on any atom is 0.335 e. The summed E-state index contributed by atoms with van der Waals surface area (Å²) in [6.45, 7) is 3.65. The van der Waals surface area contributed by atoms with Gasteiger partial charge in [0.25, 0.3) is 0 Å². The third-order valence-electron chi connectivity index (χ3n) is 4.64. The van der Waals surface area contributed by atoms with Crippen LogP contribution in [0.4, 0.5) is 8.78 Å². The molecule has 2 aromatic carbocycles. The zero-order valence-electron chi connectivity index (χ0n) is 15.2. The van der Waals surface area contributed by atoms with Crippen molar-refractivity contribution in [2.45, 2.75) is 50.9 Å². The minimum Gasteiger partial charge on any atom is -0.482 e. The molecular weight excluding hydrogens is 354 g/mol. The number of benzene rings is 2. The number of para-hydroxylation sites is 1. The van der Waals surface area contributed by atoms with E-state index in [4.69, 9.17) is 9.47 Å². The van der Waals surface area contributed by atoms with Crippen LogP contribution in [0.3, 0.4) is 0 Å². The van der Waals surface area contributed by atoms with Crippen LogP contribution in [0.2, 0.25) is 0 Å². The number of hydrogen-bond donors (Lipinski definition) is 1. The third kappa shape index (κ3) is 4.27. The van der Waals surface area contributed by atoms with Crippen LogP contribution in [0.25, 0.3) is 0 Å². The number of carbonyl (C=O) groups is 1. The largest absolute Gasteiger partial charge is 0.482 e. The van der Waals surface area contributed by atoms with Crippen molar-refractivity contribution in [3.8, 4) is 5.75 Å². The van der Waals surface area contributed by atoms with Crippen molar-refractivity contribution in [3.63, 3.8) is 0 Å². The topological polar surface area (TPSA) is 55.8 Å². The number of aliphatic hydroxyl groups is 1. The minimum absolute atomic E-state index is 0.169. The van der Waals surface area contributed by atoms with E-state index in [0.717, 1.165) is 6.07 Å². The van der Waals surface area contributed by atoms with Crippen molar-refractivity contribution in [2.75, 3.05) is 0 Å². The van der Waals surface area contributed by atoms with E-state index in [1.165, 1.54) is 6.07 Å². The summed E-state index contributed by atoms with van der Waals surface area (Å²) in [4.78, 5) is 11.9. The lowest BCUT2D eigenvalue weighted by atomic mass is 9.88. The molecule has 0 saturated carbocycles. The normalized spacial score (nSPS) is 21.0. The Bertz CT molecular complexity index is 807. The van der Waals surface area contributed by atoms with Gasteiger partial charge in [0.05, 0.1) is 0 Å². The molecule has 0 bridgehead atoms. The van der Waals surface area contributed by atoms with Crippen LogP contribution in [-0.4, -0.2) is 23.3 Å². The molecule has 1 aliphatic rings. The second-order valence-electron chi connectivity index (χ2n) is 6.97. The van der Waals surface area contributed by atoms with Crippen molar-refractivity contribution >= 4 is 5.97 Å². The standard InChI is InChI=1S/C21H22F2O4/c1-12(2)15-10-13(22)11-16(23)19(15)20(26-14-6-4-3-5-7-14)18-9-8-17(24)21(25)27-18/h3-7,10-12,17-18,20,24H,8-9H2,1-2H3/t17-,18+,20?/m1/s1. The molecule has 144 valence electrons. The van der Waals surface area contributed by atoms with E-state index < -0.39 is 35.9 Å². The molecule has 6 heteroatoms. The molecule has 1 unspecified atom stereocenters. The van der Waals surface area contributed by atoms with Crippen molar-refractivity contribution in [2.24, 2.45) is 0 Å². The fourth-order valence-corrected chi connectivity index (χ4v) is 3.29. The zero-order valence-corrected chi connectivity index (χ0v) is 15.2. The molecule has 1 aliphatic heterocycles. The van der Waals surface area contributed by atoms with E-state index in [0.29, 0.717) is 17.7 Å². The van der Waals surface area contributed by atoms with Gasteiger partial charge in [0, 0.05) is 11.6 Å². The molecule has 27 heavy (non-hydrogen) atoms. The first-order valence-electron chi connectivity index (χ1n) is 8.96. The van der Waals surface area contributed by atoms with Crippen molar-refractivity contribution in [3.05, 3.63) is 65.2 Å². The molecule has 1 heterocycles. The molecule has 0 aliphatic carbocycles. The van der Waals surface area contributed by atoms with Crippen molar-refractivity contribution in [1.82, 2.24) is 0 Å². The van der Waals surface area contributed by atoms with Crippen molar-refractivity contribution in [1.29, 1.82) is 0 Å². The first-order valence-corrected chi connectivity index (χ1v) is 8.96. The number of esters is 1. The highest BCUT2D eigenvalue weighted by molar-refractivity contribution is 5.75. The van der Waals surface area contributed by atoms with Crippen LogP contribution in [0.1, 0.15) is 49.8 Å². The fourth-order valence-electron chi connectivity index (χ4n) is 3.29. The summed E-state index contributed by atoms with van der Waals surface area (Å²) >= 11 is 0. The Kier molecular flexibility index (Phi) is 5.75. The van der Waals surface area contributed by atoms with Gasteiger partial charge in [-0.1, -0.05) is 32.0 Å². The number of carbonyl (C=O) groups excluding carboxylic acids is 1. The van der Waals surface area contributed by atoms with E-state index in [-0.39, 0.29) is 17.9 Å². The van der Waals surface area contributed by atoms with Crippen LogP contribution >= 0.6 is 0 Å². The maximum atomic E-state index is 14.8. The summed E-state index contributed by atoms with van der Waals surface area (Å²) < 4.78 is 40.0. The highest BCUT2D eigenvalue weighted by Crippen LogP contribution is 2.37. The predicted molar refractivity (Wildman–Crippen MR) is 95.4 cm³/mol. The van der Waals surface area contributed by atoms with Gasteiger partial charge in [-0.15, -0.1) is 0 Å². The smallest absolute Gasteiger partial charge is 0.335 e. The van der Waals surface area contributed by atoms with Gasteiger partial charge in [0.1, 0.15) is 23.5 Å². The Morgan fingerprint density at radius 1 is 1.15 bits per heavy atom. The van der Waals surface area contributed by atoms with Crippen LogP contribution in [0, 0.1) is 11.6 Å². The summed E-state index contributed by atoms with van der Waals surface area (Å²) in [5.41, 5.74) is 0.625. The Morgan fingerprint density at radius 2 is 1.85 bits per heavy atom. The van der Waals surface area contributed by atoms with E-state index in [1.54, 1.807) is 24.3 Å². The Labute approximate surface area is 156 Å². The molecule has 0 amide bonds. The number of halogens is 2. The molecule has 3 atom stereocenters. The lowest BCUT2D eigenvalue weighted by molar-refractivity contribution is -0.173. The van der Waals surface area contributed by atoms with E-state index in [1.807, 2.05) is 19.9 Å². The quantitative estimate of drug-likeness (QED) is 0.792. The highest BCUT2D eigenvalue weighted by Gasteiger charge is 2.38. The maximum absolute atomic E-state index is 14.8. The fraction of sp³-hybridized carbons (Fsp3) is 0.381. The number of cyclic esters (lactones) is 1. The number of rotatable bonds is 5. The molecule has 1 fully saturated rings. The summed E-state index contributed by atoms with van der Waals surface area (Å²) in [5.74, 6) is -1.88. The van der Waals surface area contributed by atoms with Gasteiger partial charge in [-0.2, -0.15) is 0 Å². The number of ether oxygens (including phenoxy) is 2. The van der Waals surface area contributed by atoms with Gasteiger partial charge in [-0.25, -0.2) is 13.6 Å². The third-order valence-corrected chi connectivity index (χ3v) is 4.64. The van der Waals surface area contributed by atoms with Crippen molar-refractivity contribution < 1.29 is 28.2 Å². The lowest BCUT2D eigenvalue weighted by Gasteiger charge is -2.33. The van der Waals surface area contributed by atoms with Gasteiger partial charge in [-0.3, -0.25) is 0 Å². The predicted octanol–water partition coefficient (Wildman–Crippen LogP) is 4.27. The molecule has 1 N–H and O–H groups in total. The zero-order chi connectivity index (χ0) is 19.6. The van der Waals surface area contributed by atoms with Crippen LogP contribution in [-0.2, 0) is 9.53 Å². The first kappa shape index (κ1) is 19.3. The first-order chi connectivity index (χ1) is 12.9. The second kappa shape index (κ2) is 8.05. The Hall–Kier alpha value is -2.47. The van der Waals surface area contributed by atoms with Gasteiger partial charge < -0.3 is 14.6 Å². The van der Waals surface area contributed by atoms with Gasteiger partial charge in [0.2, 0.25) is 0 Å². The van der Waals surface area contributed by atoms with Crippen LogP contribution in [0.5, 0.6) is 5.75 Å².